The number of para-hydroxylation sites is 3. The number of nitrogens with zero attached hydrogens (tertiary/aromatic N) is 5. The molecule has 0 saturated carbocycles. The predicted octanol–water partition coefficient (Wildman–Crippen LogP) is 12.8. The van der Waals surface area contributed by atoms with Crippen molar-refractivity contribution in [2.45, 2.75) is 12.8 Å². The molecule has 3 heterocycles. The summed E-state index contributed by atoms with van der Waals surface area (Å²) in [6.07, 6.45) is 6.77. The van der Waals surface area contributed by atoms with Gasteiger partial charge in [-0.3, -0.25) is 0 Å². The monoisotopic (exact) mass is 717 g/mol. The fourth-order valence-electron chi connectivity index (χ4n) is 8.44. The summed E-state index contributed by atoms with van der Waals surface area (Å²) < 4.78 is 4.80. The van der Waals surface area contributed by atoms with Crippen LogP contribution in [0.15, 0.2) is 188 Å². The van der Waals surface area contributed by atoms with Gasteiger partial charge in [-0.2, -0.15) is 0 Å². The standard InChI is InChI=1S/C51H35N5/c1-3-15-34(16-4-1)49-52-50(35-17-5-2-6-18-35)54-51(53-49)38-20-14-22-40(32-38)56-47-28-12-9-25-43(47)44-33-37(29-30-48(44)56)36-19-13-21-39(31-36)55-45-26-10-7-23-41(45)42-24-8-11-27-46(42)55/h1-12,14-18,20-33H,13,19H2. The van der Waals surface area contributed by atoms with Crippen molar-refractivity contribution in [2.24, 2.45) is 0 Å². The minimum Gasteiger partial charge on any atom is -0.310 e. The summed E-state index contributed by atoms with van der Waals surface area (Å²) in [6, 6.07) is 62.0. The Hall–Kier alpha value is -7.37. The molecule has 0 radical (unpaired) electrons. The largest absolute Gasteiger partial charge is 0.310 e. The van der Waals surface area contributed by atoms with Crippen molar-refractivity contribution < 1.29 is 0 Å². The molecule has 0 fully saturated rings. The Balaban J connectivity index is 1.02. The van der Waals surface area contributed by atoms with E-state index in [1.165, 1.54) is 49.4 Å². The average molecular weight is 718 g/mol. The molecule has 0 N–H and O–H groups in total. The molecule has 1 aliphatic carbocycles. The predicted molar refractivity (Wildman–Crippen MR) is 231 cm³/mol. The molecule has 7 aromatic carbocycles. The highest BCUT2D eigenvalue weighted by Gasteiger charge is 2.19. The second kappa shape index (κ2) is 13.2. The number of rotatable bonds is 6. The molecule has 5 heteroatoms. The maximum absolute atomic E-state index is 5.02. The number of hydrogen-bond acceptors (Lipinski definition) is 3. The lowest BCUT2D eigenvalue weighted by Gasteiger charge is -2.17. The summed E-state index contributed by atoms with van der Waals surface area (Å²) in [6.45, 7) is 0. The van der Waals surface area contributed by atoms with Gasteiger partial charge in [0, 0.05) is 49.6 Å². The summed E-state index contributed by atoms with van der Waals surface area (Å²) in [4.78, 5) is 15.0. The first-order valence-corrected chi connectivity index (χ1v) is 19.2. The number of fused-ring (bicyclic) bond motifs is 6. The minimum absolute atomic E-state index is 0.638. The lowest BCUT2D eigenvalue weighted by atomic mass is 9.94. The molecule has 56 heavy (non-hydrogen) atoms. The molecule has 0 saturated heterocycles. The Morgan fingerprint density at radius 1 is 0.375 bits per heavy atom. The van der Waals surface area contributed by atoms with Crippen LogP contribution in [-0.2, 0) is 0 Å². The summed E-state index contributed by atoms with van der Waals surface area (Å²) in [5.74, 6) is 1.94. The van der Waals surface area contributed by atoms with Crippen LogP contribution >= 0.6 is 0 Å². The summed E-state index contributed by atoms with van der Waals surface area (Å²) >= 11 is 0. The Labute approximate surface area is 324 Å². The maximum Gasteiger partial charge on any atom is 0.164 e. The van der Waals surface area contributed by atoms with Crippen LogP contribution in [0.1, 0.15) is 18.4 Å². The molecule has 0 unspecified atom stereocenters. The third-order valence-corrected chi connectivity index (χ3v) is 11.0. The van der Waals surface area contributed by atoms with Crippen LogP contribution in [-0.4, -0.2) is 24.1 Å². The second-order valence-electron chi connectivity index (χ2n) is 14.4. The van der Waals surface area contributed by atoms with Gasteiger partial charge in [-0.05, 0) is 72.5 Å². The first-order valence-electron chi connectivity index (χ1n) is 19.2. The van der Waals surface area contributed by atoms with Crippen molar-refractivity contribution in [3.8, 4) is 39.9 Å². The first-order chi connectivity index (χ1) is 27.8. The number of hydrogen-bond donors (Lipinski definition) is 0. The Kier molecular flexibility index (Phi) is 7.56. The van der Waals surface area contributed by atoms with Gasteiger partial charge < -0.3 is 9.13 Å². The van der Waals surface area contributed by atoms with Gasteiger partial charge in [0.15, 0.2) is 17.5 Å². The van der Waals surface area contributed by atoms with Gasteiger partial charge in [0.25, 0.3) is 0 Å². The fraction of sp³-hybridized carbons (Fsp3) is 0.0392. The molecule has 5 nitrogen and oxygen atoms in total. The van der Waals surface area contributed by atoms with Gasteiger partial charge in [-0.1, -0.05) is 140 Å². The molecular weight excluding hydrogens is 683 g/mol. The van der Waals surface area contributed by atoms with Crippen LogP contribution in [0, 0.1) is 0 Å². The van der Waals surface area contributed by atoms with Crippen LogP contribution in [0.2, 0.25) is 0 Å². The molecule has 0 atom stereocenters. The van der Waals surface area contributed by atoms with E-state index in [2.05, 4.69) is 137 Å². The van der Waals surface area contributed by atoms with Crippen molar-refractivity contribution in [3.05, 3.63) is 194 Å². The van der Waals surface area contributed by atoms with E-state index < -0.39 is 0 Å². The lowest BCUT2D eigenvalue weighted by molar-refractivity contribution is 1.04. The minimum atomic E-state index is 0.638. The maximum atomic E-state index is 5.02. The van der Waals surface area contributed by atoms with Crippen molar-refractivity contribution in [1.82, 2.24) is 24.1 Å². The van der Waals surface area contributed by atoms with E-state index >= 15 is 0 Å². The van der Waals surface area contributed by atoms with Crippen LogP contribution in [0.5, 0.6) is 0 Å². The molecule has 0 bridgehead atoms. The summed E-state index contributed by atoms with van der Waals surface area (Å²) in [5, 5.41) is 5.02. The molecular formula is C51H35N5. The molecule has 0 aliphatic heterocycles. The van der Waals surface area contributed by atoms with E-state index in [1.807, 2.05) is 60.7 Å². The summed E-state index contributed by atoms with van der Waals surface area (Å²) in [5.41, 5.74) is 12.5. The average Bonchev–Trinajstić information content (AvgIpc) is 3.80. The quantitative estimate of drug-likeness (QED) is 0.172. The van der Waals surface area contributed by atoms with Gasteiger partial charge in [0.05, 0.1) is 22.1 Å². The topological polar surface area (TPSA) is 48.5 Å². The van der Waals surface area contributed by atoms with Crippen LogP contribution in [0.3, 0.4) is 0 Å². The van der Waals surface area contributed by atoms with E-state index in [0.29, 0.717) is 17.5 Å². The van der Waals surface area contributed by atoms with Crippen molar-refractivity contribution in [2.75, 3.05) is 0 Å². The lowest BCUT2D eigenvalue weighted by Crippen LogP contribution is -2.01. The van der Waals surface area contributed by atoms with Crippen LogP contribution in [0.4, 0.5) is 0 Å². The highest BCUT2D eigenvalue weighted by Crippen LogP contribution is 2.39. The molecule has 1 aliphatic rings. The van der Waals surface area contributed by atoms with Crippen molar-refractivity contribution in [3.63, 3.8) is 0 Å². The molecule has 0 spiro atoms. The SMILES string of the molecule is C1=C(c2ccc3c(c2)c2ccccc2n3-c2cccc(-c3nc(-c4ccccc4)nc(-c4ccccc4)n3)c2)CCC=C1n1c2ccccc2c2ccccc21. The normalized spacial score (nSPS) is 13.1. The number of allylic oxidation sites excluding steroid dienone is 4. The van der Waals surface area contributed by atoms with E-state index in [1.54, 1.807) is 0 Å². The summed E-state index contributed by atoms with van der Waals surface area (Å²) in [7, 11) is 0. The second-order valence-corrected chi connectivity index (χ2v) is 14.4. The van der Waals surface area contributed by atoms with E-state index in [0.717, 1.165) is 46.3 Å². The third kappa shape index (κ3) is 5.36. The number of aromatic nitrogens is 5. The van der Waals surface area contributed by atoms with E-state index in [9.17, 15) is 0 Å². The third-order valence-electron chi connectivity index (χ3n) is 11.0. The van der Waals surface area contributed by atoms with Gasteiger partial charge in [-0.15, -0.1) is 0 Å². The molecule has 11 rings (SSSR count). The van der Waals surface area contributed by atoms with Crippen LogP contribution < -0.4 is 0 Å². The molecule has 264 valence electrons. The number of benzene rings is 7. The van der Waals surface area contributed by atoms with Crippen molar-refractivity contribution in [1.29, 1.82) is 0 Å². The zero-order valence-electron chi connectivity index (χ0n) is 30.5. The Morgan fingerprint density at radius 2 is 0.875 bits per heavy atom. The Bertz CT molecular complexity index is 3070. The van der Waals surface area contributed by atoms with E-state index in [-0.39, 0.29) is 0 Å². The highest BCUT2D eigenvalue weighted by molar-refractivity contribution is 6.12. The molecule has 0 amide bonds. The van der Waals surface area contributed by atoms with Gasteiger partial charge in [0.1, 0.15) is 0 Å². The molecule has 10 aromatic rings. The smallest absolute Gasteiger partial charge is 0.164 e. The molecule has 3 aromatic heterocycles. The Morgan fingerprint density at radius 3 is 1.50 bits per heavy atom. The van der Waals surface area contributed by atoms with E-state index in [4.69, 9.17) is 15.0 Å². The van der Waals surface area contributed by atoms with Gasteiger partial charge >= 0.3 is 0 Å². The van der Waals surface area contributed by atoms with Crippen LogP contribution in [0.25, 0.3) is 94.7 Å². The van der Waals surface area contributed by atoms with Gasteiger partial charge in [-0.25, -0.2) is 15.0 Å². The zero-order chi connectivity index (χ0) is 37.0. The fourth-order valence-corrected chi connectivity index (χ4v) is 8.44. The highest BCUT2D eigenvalue weighted by atomic mass is 15.0. The van der Waals surface area contributed by atoms with Gasteiger partial charge in [0.2, 0.25) is 0 Å². The first kappa shape index (κ1) is 32.1. The van der Waals surface area contributed by atoms with Crippen molar-refractivity contribution >= 4 is 54.9 Å². The zero-order valence-corrected chi connectivity index (χ0v) is 30.5.